The first-order chi connectivity index (χ1) is 7.68. The molecule has 0 aliphatic heterocycles. The molecule has 82 valence electrons. The fourth-order valence-electron chi connectivity index (χ4n) is 1.57. The number of nitrogens with zero attached hydrogens (tertiary/aromatic N) is 1. The number of hydrogen-bond donors (Lipinski definition) is 1. The Balaban J connectivity index is 2.34. The van der Waals surface area contributed by atoms with Crippen molar-refractivity contribution in [3.8, 4) is 0 Å². The van der Waals surface area contributed by atoms with Crippen molar-refractivity contribution in [2.45, 2.75) is 0 Å². The zero-order valence-electron chi connectivity index (χ0n) is 9.40. The van der Waals surface area contributed by atoms with Crippen molar-refractivity contribution in [2.75, 3.05) is 14.1 Å². The maximum atomic E-state index is 11.4. The maximum Gasteiger partial charge on any atom is 0.246 e. The predicted octanol–water partition coefficient (Wildman–Crippen LogP) is 2.27. The van der Waals surface area contributed by atoms with Crippen molar-refractivity contribution in [1.82, 2.24) is 9.88 Å². The number of aromatic nitrogens is 1. The number of H-pyrrole nitrogens is 1. The van der Waals surface area contributed by atoms with E-state index < -0.39 is 0 Å². The number of carbonyl (C=O) groups is 1. The third-order valence-corrected chi connectivity index (χ3v) is 2.47. The Morgan fingerprint density at radius 3 is 2.88 bits per heavy atom. The lowest BCUT2D eigenvalue weighted by atomic mass is 10.1. The third-order valence-electron chi connectivity index (χ3n) is 2.47. The van der Waals surface area contributed by atoms with E-state index in [2.05, 4.69) is 4.98 Å². The molecule has 1 aromatic heterocycles. The van der Waals surface area contributed by atoms with Crippen LogP contribution in [0.15, 0.2) is 36.5 Å². The number of aromatic amines is 1. The summed E-state index contributed by atoms with van der Waals surface area (Å²) in [6, 6.07) is 7.99. The number of hydrogen-bond acceptors (Lipinski definition) is 1. The number of amides is 1. The van der Waals surface area contributed by atoms with Gasteiger partial charge in [0.1, 0.15) is 0 Å². The van der Waals surface area contributed by atoms with Crippen molar-refractivity contribution in [3.63, 3.8) is 0 Å². The second-order valence-electron chi connectivity index (χ2n) is 3.85. The van der Waals surface area contributed by atoms with Crippen LogP contribution in [0.1, 0.15) is 5.56 Å². The molecular formula is C13H14N2O. The maximum absolute atomic E-state index is 11.4. The van der Waals surface area contributed by atoms with Gasteiger partial charge >= 0.3 is 0 Å². The molecule has 2 aromatic rings. The summed E-state index contributed by atoms with van der Waals surface area (Å²) in [5, 5.41) is 1.13. The Labute approximate surface area is 94.4 Å². The molecule has 0 atom stereocenters. The van der Waals surface area contributed by atoms with E-state index in [-0.39, 0.29) is 5.91 Å². The first-order valence-electron chi connectivity index (χ1n) is 5.14. The minimum absolute atomic E-state index is 0.00691. The summed E-state index contributed by atoms with van der Waals surface area (Å²) >= 11 is 0. The molecule has 0 saturated carbocycles. The summed E-state index contributed by atoms with van der Waals surface area (Å²) in [5.41, 5.74) is 2.13. The number of nitrogens with one attached hydrogen (secondary N) is 1. The summed E-state index contributed by atoms with van der Waals surface area (Å²) < 4.78 is 0. The normalized spacial score (nSPS) is 11.1. The molecule has 0 unspecified atom stereocenters. The number of likely N-dealkylation sites (N-methyl/N-ethyl adjacent to an activating group) is 1. The molecule has 0 saturated heterocycles. The highest BCUT2D eigenvalue weighted by molar-refractivity contribution is 5.95. The fourth-order valence-corrected chi connectivity index (χ4v) is 1.57. The van der Waals surface area contributed by atoms with Crippen molar-refractivity contribution in [2.24, 2.45) is 0 Å². The number of rotatable bonds is 2. The average molecular weight is 214 g/mol. The minimum atomic E-state index is -0.00691. The van der Waals surface area contributed by atoms with Gasteiger partial charge in [-0.25, -0.2) is 0 Å². The SMILES string of the molecule is CN(C)C(=O)/C=C/c1cccc2[nH]ccc12. The summed E-state index contributed by atoms with van der Waals surface area (Å²) in [7, 11) is 3.48. The fraction of sp³-hybridized carbons (Fsp3) is 0.154. The van der Waals surface area contributed by atoms with Gasteiger partial charge in [0, 0.05) is 37.3 Å². The first kappa shape index (κ1) is 10.5. The Bertz CT molecular complexity index is 538. The molecule has 1 N–H and O–H groups in total. The van der Waals surface area contributed by atoms with Gasteiger partial charge in [0.05, 0.1) is 0 Å². The predicted molar refractivity (Wildman–Crippen MR) is 66.0 cm³/mol. The summed E-state index contributed by atoms with van der Waals surface area (Å²) in [6.07, 6.45) is 5.33. The van der Waals surface area contributed by atoms with Gasteiger partial charge in [0.25, 0.3) is 0 Å². The van der Waals surface area contributed by atoms with Gasteiger partial charge in [0.2, 0.25) is 5.91 Å². The Morgan fingerprint density at radius 2 is 2.12 bits per heavy atom. The van der Waals surface area contributed by atoms with E-state index in [1.54, 1.807) is 25.1 Å². The quantitative estimate of drug-likeness (QED) is 0.765. The van der Waals surface area contributed by atoms with E-state index in [1.165, 1.54) is 0 Å². The lowest BCUT2D eigenvalue weighted by Crippen LogP contribution is -2.18. The van der Waals surface area contributed by atoms with Gasteiger partial charge in [-0.1, -0.05) is 12.1 Å². The van der Waals surface area contributed by atoms with Crippen LogP contribution >= 0.6 is 0 Å². The van der Waals surface area contributed by atoms with Crippen LogP contribution in [-0.4, -0.2) is 29.9 Å². The summed E-state index contributed by atoms with van der Waals surface area (Å²) in [6.45, 7) is 0. The molecule has 0 radical (unpaired) electrons. The second-order valence-corrected chi connectivity index (χ2v) is 3.85. The van der Waals surface area contributed by atoms with Gasteiger partial charge in [-0.05, 0) is 23.8 Å². The van der Waals surface area contributed by atoms with Crippen LogP contribution < -0.4 is 0 Å². The zero-order valence-corrected chi connectivity index (χ0v) is 9.40. The number of carbonyl (C=O) groups excluding carboxylic acids is 1. The molecule has 1 aromatic carbocycles. The molecule has 3 nitrogen and oxygen atoms in total. The molecular weight excluding hydrogens is 200 g/mol. The van der Waals surface area contributed by atoms with E-state index in [1.807, 2.05) is 36.5 Å². The van der Waals surface area contributed by atoms with Gasteiger partial charge in [-0.15, -0.1) is 0 Å². The minimum Gasteiger partial charge on any atom is -0.361 e. The highest BCUT2D eigenvalue weighted by Crippen LogP contribution is 2.18. The average Bonchev–Trinajstić information content (AvgIpc) is 2.73. The third kappa shape index (κ3) is 1.98. The van der Waals surface area contributed by atoms with Gasteiger partial charge in [-0.2, -0.15) is 0 Å². The highest BCUT2D eigenvalue weighted by Gasteiger charge is 2.00. The van der Waals surface area contributed by atoms with Gasteiger partial charge < -0.3 is 9.88 Å². The summed E-state index contributed by atoms with van der Waals surface area (Å²) in [5.74, 6) is -0.00691. The number of benzene rings is 1. The van der Waals surface area contributed by atoms with Crippen LogP contribution in [0.4, 0.5) is 0 Å². The van der Waals surface area contributed by atoms with E-state index in [4.69, 9.17) is 0 Å². The first-order valence-corrected chi connectivity index (χ1v) is 5.14. The van der Waals surface area contributed by atoms with E-state index >= 15 is 0 Å². The lowest BCUT2D eigenvalue weighted by molar-refractivity contribution is -0.123. The summed E-state index contributed by atoms with van der Waals surface area (Å²) in [4.78, 5) is 16.1. The van der Waals surface area contributed by atoms with Crippen LogP contribution in [0.2, 0.25) is 0 Å². The van der Waals surface area contributed by atoms with E-state index in [9.17, 15) is 4.79 Å². The second kappa shape index (κ2) is 4.23. The lowest BCUT2D eigenvalue weighted by Gasteiger charge is -2.05. The number of fused-ring (bicyclic) bond motifs is 1. The molecule has 3 heteroatoms. The van der Waals surface area contributed by atoms with Crippen molar-refractivity contribution in [1.29, 1.82) is 0 Å². The topological polar surface area (TPSA) is 36.1 Å². The van der Waals surface area contributed by atoms with E-state index in [0.717, 1.165) is 16.5 Å². The van der Waals surface area contributed by atoms with Crippen molar-refractivity contribution in [3.05, 3.63) is 42.1 Å². The van der Waals surface area contributed by atoms with E-state index in [0.29, 0.717) is 0 Å². The van der Waals surface area contributed by atoms with Crippen LogP contribution in [-0.2, 0) is 4.79 Å². The molecule has 0 spiro atoms. The largest absolute Gasteiger partial charge is 0.361 e. The van der Waals surface area contributed by atoms with Crippen LogP contribution in [0.3, 0.4) is 0 Å². The Hall–Kier alpha value is -2.03. The molecule has 0 fully saturated rings. The molecule has 0 bridgehead atoms. The van der Waals surface area contributed by atoms with Crippen LogP contribution in [0, 0.1) is 0 Å². The van der Waals surface area contributed by atoms with Crippen LogP contribution in [0.5, 0.6) is 0 Å². The Morgan fingerprint density at radius 1 is 1.31 bits per heavy atom. The van der Waals surface area contributed by atoms with Crippen molar-refractivity contribution >= 4 is 22.9 Å². The van der Waals surface area contributed by atoms with Gasteiger partial charge in [-0.3, -0.25) is 4.79 Å². The molecule has 1 amide bonds. The zero-order chi connectivity index (χ0) is 11.5. The monoisotopic (exact) mass is 214 g/mol. The standard InChI is InChI=1S/C13H14N2O/c1-15(2)13(16)7-6-10-4-3-5-12-11(10)8-9-14-12/h3-9,14H,1-2H3/b7-6+. The Kier molecular flexibility index (Phi) is 2.77. The molecule has 16 heavy (non-hydrogen) atoms. The van der Waals surface area contributed by atoms with Crippen molar-refractivity contribution < 1.29 is 4.79 Å². The smallest absolute Gasteiger partial charge is 0.246 e. The molecule has 0 aliphatic rings. The molecule has 0 aliphatic carbocycles. The van der Waals surface area contributed by atoms with Gasteiger partial charge in [0.15, 0.2) is 0 Å². The molecule has 1 heterocycles. The highest BCUT2D eigenvalue weighted by atomic mass is 16.2. The molecule has 2 rings (SSSR count). The van der Waals surface area contributed by atoms with Crippen LogP contribution in [0.25, 0.3) is 17.0 Å².